The summed E-state index contributed by atoms with van der Waals surface area (Å²) in [5.41, 5.74) is 2.70. The number of aryl methyl sites for hydroxylation is 1. The van der Waals surface area contributed by atoms with Gasteiger partial charge in [0.15, 0.2) is 5.76 Å². The molecule has 0 saturated carbocycles. The van der Waals surface area contributed by atoms with Crippen molar-refractivity contribution in [3.05, 3.63) is 58.6 Å². The molecule has 1 atom stereocenters. The third-order valence-electron chi connectivity index (χ3n) is 4.70. The smallest absolute Gasteiger partial charge is 0.290 e. The molecule has 0 fully saturated rings. The summed E-state index contributed by atoms with van der Waals surface area (Å²) in [7, 11) is 0. The van der Waals surface area contributed by atoms with Crippen LogP contribution >= 0.6 is 11.6 Å². The molecular formula is C18H17ClN2O2. The Morgan fingerprint density at radius 1 is 1.30 bits per heavy atom. The lowest BCUT2D eigenvalue weighted by molar-refractivity contribution is 0.0612. The van der Waals surface area contributed by atoms with Crippen molar-refractivity contribution in [2.45, 2.75) is 26.4 Å². The molecule has 1 aromatic carbocycles. The van der Waals surface area contributed by atoms with Crippen molar-refractivity contribution < 1.29 is 9.21 Å². The number of hydrogen-bond acceptors (Lipinski definition) is 2. The van der Waals surface area contributed by atoms with Crippen LogP contribution in [0.25, 0.3) is 11.0 Å². The summed E-state index contributed by atoms with van der Waals surface area (Å²) in [5, 5.41) is 1.54. The quantitative estimate of drug-likeness (QED) is 0.663. The monoisotopic (exact) mass is 328 g/mol. The second-order valence-corrected chi connectivity index (χ2v) is 6.43. The molecule has 118 valence electrons. The highest BCUT2D eigenvalue weighted by Crippen LogP contribution is 2.32. The number of carbonyl (C=O) groups excluding carboxylic acids is 1. The summed E-state index contributed by atoms with van der Waals surface area (Å²) < 4.78 is 8.02. The number of aromatic nitrogens is 1. The van der Waals surface area contributed by atoms with Gasteiger partial charge in [0.05, 0.1) is 6.04 Å². The summed E-state index contributed by atoms with van der Waals surface area (Å²) in [5.74, 6) is 0.351. The van der Waals surface area contributed by atoms with Crippen LogP contribution in [0.1, 0.15) is 34.8 Å². The van der Waals surface area contributed by atoms with Crippen molar-refractivity contribution in [3.8, 4) is 0 Å². The SMILES string of the molecule is Cc1c(C(=O)N2CCn3cccc3C2C)oc2ccc(Cl)cc12. The van der Waals surface area contributed by atoms with Crippen LogP contribution in [-0.4, -0.2) is 21.9 Å². The van der Waals surface area contributed by atoms with E-state index in [2.05, 4.69) is 23.8 Å². The lowest BCUT2D eigenvalue weighted by atomic mass is 10.1. The number of nitrogens with zero attached hydrogens (tertiary/aromatic N) is 2. The standard InChI is InChI=1S/C18H17ClN2O2/c1-11-14-10-13(19)5-6-16(14)23-17(11)18(22)21-9-8-20-7-3-4-15(20)12(21)2/h3-7,10,12H,8-9H2,1-2H3. The molecular weight excluding hydrogens is 312 g/mol. The molecule has 23 heavy (non-hydrogen) atoms. The Bertz CT molecular complexity index is 909. The first-order chi connectivity index (χ1) is 11.1. The Kier molecular flexibility index (Phi) is 3.23. The first-order valence-corrected chi connectivity index (χ1v) is 8.08. The highest BCUT2D eigenvalue weighted by molar-refractivity contribution is 6.31. The summed E-state index contributed by atoms with van der Waals surface area (Å²) in [6.07, 6.45) is 2.06. The molecule has 0 aliphatic carbocycles. The molecule has 2 aromatic heterocycles. The maximum atomic E-state index is 13.0. The van der Waals surface area contributed by atoms with E-state index in [1.54, 1.807) is 6.07 Å². The molecule has 3 aromatic rings. The van der Waals surface area contributed by atoms with Crippen LogP contribution in [-0.2, 0) is 6.54 Å². The van der Waals surface area contributed by atoms with Crippen molar-refractivity contribution >= 4 is 28.5 Å². The normalized spacial score (nSPS) is 17.5. The van der Waals surface area contributed by atoms with Crippen LogP contribution in [0.3, 0.4) is 0 Å². The van der Waals surface area contributed by atoms with Gasteiger partial charge in [0, 0.05) is 41.0 Å². The van der Waals surface area contributed by atoms with E-state index in [-0.39, 0.29) is 11.9 Å². The second kappa shape index (κ2) is 5.17. The van der Waals surface area contributed by atoms with E-state index in [4.69, 9.17) is 16.0 Å². The predicted octanol–water partition coefficient (Wildman–Crippen LogP) is 4.41. The largest absolute Gasteiger partial charge is 0.451 e. The predicted molar refractivity (Wildman–Crippen MR) is 89.8 cm³/mol. The third kappa shape index (κ3) is 2.17. The van der Waals surface area contributed by atoms with E-state index in [1.165, 1.54) is 0 Å². The molecule has 0 saturated heterocycles. The zero-order valence-electron chi connectivity index (χ0n) is 13.0. The van der Waals surface area contributed by atoms with Gasteiger partial charge in [-0.2, -0.15) is 0 Å². The Labute approximate surface area is 139 Å². The fourth-order valence-electron chi connectivity index (χ4n) is 3.38. The summed E-state index contributed by atoms with van der Waals surface area (Å²) in [6, 6.07) is 9.55. The van der Waals surface area contributed by atoms with Crippen molar-refractivity contribution in [1.82, 2.24) is 9.47 Å². The van der Waals surface area contributed by atoms with Crippen LogP contribution in [0, 0.1) is 6.92 Å². The van der Waals surface area contributed by atoms with Crippen molar-refractivity contribution in [2.75, 3.05) is 6.54 Å². The van der Waals surface area contributed by atoms with Gasteiger partial charge in [-0.15, -0.1) is 0 Å². The Balaban J connectivity index is 1.74. The maximum absolute atomic E-state index is 13.0. The van der Waals surface area contributed by atoms with E-state index in [0.717, 1.165) is 23.2 Å². The second-order valence-electron chi connectivity index (χ2n) is 6.00. The molecule has 0 bridgehead atoms. The number of hydrogen-bond donors (Lipinski definition) is 0. The summed E-state index contributed by atoms with van der Waals surface area (Å²) in [4.78, 5) is 14.9. The van der Waals surface area contributed by atoms with E-state index in [9.17, 15) is 4.79 Å². The fourth-order valence-corrected chi connectivity index (χ4v) is 3.56. The number of halogens is 1. The van der Waals surface area contributed by atoms with E-state index in [1.807, 2.05) is 30.0 Å². The zero-order valence-corrected chi connectivity index (χ0v) is 13.8. The Morgan fingerprint density at radius 2 is 2.13 bits per heavy atom. The van der Waals surface area contributed by atoms with Crippen LogP contribution in [0.15, 0.2) is 40.9 Å². The molecule has 0 spiro atoms. The lowest BCUT2D eigenvalue weighted by Crippen LogP contribution is -2.40. The van der Waals surface area contributed by atoms with Gasteiger partial charge in [0.2, 0.25) is 0 Å². The van der Waals surface area contributed by atoms with Crippen LogP contribution in [0.4, 0.5) is 0 Å². The number of fused-ring (bicyclic) bond motifs is 2. The van der Waals surface area contributed by atoms with E-state index < -0.39 is 0 Å². The Morgan fingerprint density at radius 3 is 2.96 bits per heavy atom. The molecule has 1 aliphatic rings. The number of benzene rings is 1. The van der Waals surface area contributed by atoms with Gasteiger partial charge in [-0.25, -0.2) is 0 Å². The van der Waals surface area contributed by atoms with Crippen molar-refractivity contribution in [2.24, 2.45) is 0 Å². The van der Waals surface area contributed by atoms with Gasteiger partial charge in [-0.1, -0.05) is 11.6 Å². The number of rotatable bonds is 1. The zero-order chi connectivity index (χ0) is 16.1. The average Bonchev–Trinajstić information content (AvgIpc) is 3.13. The fraction of sp³-hybridized carbons (Fsp3) is 0.278. The van der Waals surface area contributed by atoms with Gasteiger partial charge in [0.1, 0.15) is 5.58 Å². The van der Waals surface area contributed by atoms with Crippen molar-refractivity contribution in [3.63, 3.8) is 0 Å². The van der Waals surface area contributed by atoms with Crippen LogP contribution in [0.2, 0.25) is 5.02 Å². The highest BCUT2D eigenvalue weighted by atomic mass is 35.5. The number of amides is 1. The maximum Gasteiger partial charge on any atom is 0.290 e. The Hall–Kier alpha value is -2.20. The van der Waals surface area contributed by atoms with Gasteiger partial charge < -0.3 is 13.9 Å². The molecule has 3 heterocycles. The highest BCUT2D eigenvalue weighted by Gasteiger charge is 2.31. The van der Waals surface area contributed by atoms with Crippen LogP contribution < -0.4 is 0 Å². The summed E-state index contributed by atoms with van der Waals surface area (Å²) in [6.45, 7) is 5.45. The molecule has 0 N–H and O–H groups in total. The molecule has 0 radical (unpaired) electrons. The van der Waals surface area contributed by atoms with Crippen LogP contribution in [0.5, 0.6) is 0 Å². The minimum atomic E-state index is -0.0604. The molecule has 1 amide bonds. The molecule has 4 nitrogen and oxygen atoms in total. The number of carbonyl (C=O) groups is 1. The van der Waals surface area contributed by atoms with Gasteiger partial charge >= 0.3 is 0 Å². The lowest BCUT2D eigenvalue weighted by Gasteiger charge is -2.34. The topological polar surface area (TPSA) is 38.4 Å². The molecule has 5 heteroatoms. The number of furan rings is 1. The average molecular weight is 329 g/mol. The molecule has 1 unspecified atom stereocenters. The molecule has 1 aliphatic heterocycles. The first-order valence-electron chi connectivity index (χ1n) is 7.71. The first kappa shape index (κ1) is 14.4. The molecule has 4 rings (SSSR count). The van der Waals surface area contributed by atoms with E-state index in [0.29, 0.717) is 22.9 Å². The van der Waals surface area contributed by atoms with Gasteiger partial charge in [-0.05, 0) is 44.2 Å². The third-order valence-corrected chi connectivity index (χ3v) is 4.93. The minimum Gasteiger partial charge on any atom is -0.451 e. The van der Waals surface area contributed by atoms with E-state index >= 15 is 0 Å². The van der Waals surface area contributed by atoms with Gasteiger partial charge in [-0.3, -0.25) is 4.79 Å². The van der Waals surface area contributed by atoms with Crippen molar-refractivity contribution in [1.29, 1.82) is 0 Å². The summed E-state index contributed by atoms with van der Waals surface area (Å²) >= 11 is 6.06. The minimum absolute atomic E-state index is 0.0300. The van der Waals surface area contributed by atoms with Gasteiger partial charge in [0.25, 0.3) is 5.91 Å².